The average Bonchev–Trinajstić information content (AvgIpc) is 2.60. The van der Waals surface area contributed by atoms with Crippen molar-refractivity contribution in [3.63, 3.8) is 0 Å². The third-order valence-electron chi connectivity index (χ3n) is 3.90. The zero-order valence-corrected chi connectivity index (χ0v) is 31.9. The number of hydrogen-bond donors (Lipinski definition) is 0. The van der Waals surface area contributed by atoms with Crippen LogP contribution >= 0.6 is 119 Å². The van der Waals surface area contributed by atoms with Crippen LogP contribution in [0, 0.1) is 11.3 Å². The van der Waals surface area contributed by atoms with Gasteiger partial charge < -0.3 is 0 Å². The maximum atomic E-state index is 8.83. The van der Waals surface area contributed by atoms with Gasteiger partial charge >= 0.3 is 0 Å². The minimum Gasteiger partial charge on any atom is -0.197 e. The Morgan fingerprint density at radius 3 is 1.38 bits per heavy atom. The second kappa shape index (κ2) is 16.5. The Hall–Kier alpha value is 1.75. The number of rotatable bonds is 3. The minimum atomic E-state index is -0.426. The van der Waals surface area contributed by atoms with Crippen LogP contribution in [0.25, 0.3) is 0 Å². The molecule has 0 saturated heterocycles. The molecular formula is C22H21Br6Cl2NZn. The molecule has 0 unspecified atom stereocenters. The molecule has 0 atom stereocenters. The average molecular weight is 915 g/mol. The van der Waals surface area contributed by atoms with Crippen molar-refractivity contribution in [2.75, 3.05) is 0 Å². The molecule has 0 N–H and O–H groups in total. The first-order chi connectivity index (χ1) is 14.0. The predicted molar refractivity (Wildman–Crippen MR) is 159 cm³/mol. The SMILES string of the molecule is BrC(Br)(Br)Br.CC(C)(C#N)c1ccc(Cl)cc1.CC(C)(C=C(Br)Br)c1ccc(Cl)cc1.[Zn]. The molecule has 10 heteroatoms. The quantitative estimate of drug-likeness (QED) is 0.222. The molecular weight excluding hydrogens is 894 g/mol. The Morgan fingerprint density at radius 1 is 0.781 bits per heavy atom. The number of nitriles is 1. The van der Waals surface area contributed by atoms with Gasteiger partial charge in [-0.15, -0.1) is 0 Å². The van der Waals surface area contributed by atoms with E-state index in [-0.39, 0.29) is 25.9 Å². The Labute approximate surface area is 265 Å². The van der Waals surface area contributed by atoms with Gasteiger partial charge in [-0.05, 0) is 145 Å². The Kier molecular flexibility index (Phi) is 18.5. The van der Waals surface area contributed by atoms with E-state index in [1.54, 1.807) is 12.1 Å². The molecule has 0 aliphatic rings. The topological polar surface area (TPSA) is 23.8 Å². The Bertz CT molecular complexity index is 877. The molecule has 0 spiro atoms. The van der Waals surface area contributed by atoms with Crippen molar-refractivity contribution in [3.8, 4) is 6.07 Å². The second-order valence-corrected chi connectivity index (χ2v) is 22.1. The maximum Gasteiger partial charge on any atom is 0.189 e. The van der Waals surface area contributed by atoms with Crippen LogP contribution in [0.2, 0.25) is 10.0 Å². The first-order valence-corrected chi connectivity index (χ1v) is 14.2. The largest absolute Gasteiger partial charge is 0.197 e. The van der Waals surface area contributed by atoms with Crippen molar-refractivity contribution in [1.29, 1.82) is 5.26 Å². The first kappa shape index (κ1) is 35.9. The molecule has 0 heterocycles. The van der Waals surface area contributed by atoms with Gasteiger partial charge in [0.05, 0.1) is 14.9 Å². The van der Waals surface area contributed by atoms with Crippen LogP contribution in [0.15, 0.2) is 58.0 Å². The van der Waals surface area contributed by atoms with E-state index in [1.165, 1.54) is 5.56 Å². The normalized spacial score (nSPS) is 10.8. The second-order valence-electron chi connectivity index (χ2n) is 7.33. The van der Waals surface area contributed by atoms with E-state index < -0.39 is 5.41 Å². The van der Waals surface area contributed by atoms with Gasteiger partial charge in [-0.25, -0.2) is 0 Å². The summed E-state index contributed by atoms with van der Waals surface area (Å²) >= 11 is 30.8. The van der Waals surface area contributed by atoms with Gasteiger partial charge in [-0.1, -0.05) is 67.4 Å². The molecule has 0 saturated carbocycles. The predicted octanol–water partition coefficient (Wildman–Crippen LogP) is 11.6. The van der Waals surface area contributed by atoms with Crippen LogP contribution in [0.4, 0.5) is 0 Å². The molecule has 2 aromatic rings. The summed E-state index contributed by atoms with van der Waals surface area (Å²) in [7, 11) is 0. The van der Waals surface area contributed by atoms with Gasteiger partial charge in [-0.2, -0.15) is 5.26 Å². The smallest absolute Gasteiger partial charge is 0.189 e. The maximum absolute atomic E-state index is 8.83. The number of nitrogens with zero attached hydrogens (tertiary/aromatic N) is 1. The van der Waals surface area contributed by atoms with Gasteiger partial charge in [0.15, 0.2) is 1.05 Å². The van der Waals surface area contributed by atoms with Crippen LogP contribution < -0.4 is 0 Å². The van der Waals surface area contributed by atoms with Crippen molar-refractivity contribution in [1.82, 2.24) is 0 Å². The molecule has 0 aromatic heterocycles. The van der Waals surface area contributed by atoms with E-state index in [0.717, 1.165) is 14.0 Å². The molecule has 0 radical (unpaired) electrons. The molecule has 0 aliphatic heterocycles. The van der Waals surface area contributed by atoms with Gasteiger partial charge in [0, 0.05) is 34.9 Å². The molecule has 2 aromatic carbocycles. The number of hydrogen-bond acceptors (Lipinski definition) is 1. The van der Waals surface area contributed by atoms with Crippen LogP contribution in [0.5, 0.6) is 0 Å². The van der Waals surface area contributed by atoms with E-state index in [1.807, 2.05) is 50.2 Å². The van der Waals surface area contributed by atoms with Gasteiger partial charge in [0.2, 0.25) is 0 Å². The van der Waals surface area contributed by atoms with E-state index in [9.17, 15) is 0 Å². The van der Waals surface area contributed by atoms with Gasteiger partial charge in [-0.3, -0.25) is 0 Å². The molecule has 0 amide bonds. The summed E-state index contributed by atoms with van der Waals surface area (Å²) in [4.78, 5) is 0. The third-order valence-corrected chi connectivity index (χ3v) is 4.87. The fraction of sp³-hybridized carbons (Fsp3) is 0.318. The molecule has 0 bridgehead atoms. The first-order valence-electron chi connectivity index (χ1n) is 8.71. The van der Waals surface area contributed by atoms with E-state index in [2.05, 4.69) is 122 Å². The molecule has 2 rings (SSSR count). The summed E-state index contributed by atoms with van der Waals surface area (Å²) in [5, 5.41) is 10.3. The van der Waals surface area contributed by atoms with E-state index >= 15 is 0 Å². The minimum absolute atomic E-state index is 0. The van der Waals surface area contributed by atoms with E-state index in [4.69, 9.17) is 28.5 Å². The van der Waals surface area contributed by atoms with Crippen molar-refractivity contribution in [2.45, 2.75) is 39.6 Å². The molecule has 1 nitrogen and oxygen atoms in total. The molecule has 0 aliphatic carbocycles. The summed E-state index contributed by atoms with van der Waals surface area (Å²) in [6, 6.07) is 17.5. The molecule has 172 valence electrons. The van der Waals surface area contributed by atoms with E-state index in [0.29, 0.717) is 5.02 Å². The Balaban J connectivity index is 0. The zero-order valence-electron chi connectivity index (χ0n) is 17.9. The number of halogens is 8. The van der Waals surface area contributed by atoms with Crippen molar-refractivity contribution < 1.29 is 19.5 Å². The van der Waals surface area contributed by atoms with Crippen LogP contribution in [0.1, 0.15) is 38.8 Å². The van der Waals surface area contributed by atoms with Crippen molar-refractivity contribution in [3.05, 3.63) is 79.2 Å². The third kappa shape index (κ3) is 17.2. The summed E-state index contributed by atoms with van der Waals surface area (Å²) in [5.41, 5.74) is 1.80. The molecule has 32 heavy (non-hydrogen) atoms. The summed E-state index contributed by atoms with van der Waals surface area (Å²) in [6.45, 7) is 8.07. The van der Waals surface area contributed by atoms with Crippen molar-refractivity contribution in [2.24, 2.45) is 0 Å². The zero-order chi connectivity index (χ0) is 24.5. The number of alkyl halides is 4. The summed E-state index contributed by atoms with van der Waals surface area (Å²) < 4.78 is 0.713. The number of allylic oxidation sites excluding steroid dienone is 1. The monoisotopic (exact) mass is 907 g/mol. The van der Waals surface area contributed by atoms with Crippen LogP contribution in [-0.4, -0.2) is 1.05 Å². The summed E-state index contributed by atoms with van der Waals surface area (Å²) in [5.74, 6) is 0. The van der Waals surface area contributed by atoms with Crippen molar-refractivity contribution >= 4 is 119 Å². The fourth-order valence-corrected chi connectivity index (χ4v) is 3.56. The summed E-state index contributed by atoms with van der Waals surface area (Å²) in [6.07, 6.45) is 2.11. The van der Waals surface area contributed by atoms with Crippen LogP contribution in [-0.2, 0) is 30.3 Å². The fourth-order valence-electron chi connectivity index (χ4n) is 2.17. The van der Waals surface area contributed by atoms with Gasteiger partial charge in [0.1, 0.15) is 0 Å². The Morgan fingerprint density at radius 2 is 1.09 bits per heavy atom. The van der Waals surface area contributed by atoms with Crippen LogP contribution in [0.3, 0.4) is 0 Å². The standard InChI is InChI=1S/C11H11Br2Cl.C10H10ClN.CBr4.Zn/c1-11(2,7-10(12)13)8-3-5-9(14)6-4-8;1-10(2,7-12)8-3-5-9(11)6-4-8;2-1(3,4)5;/h3-7H,1-2H3;3-6H,1-2H3;;. The number of benzene rings is 2. The molecule has 0 fully saturated rings. The van der Waals surface area contributed by atoms with Gasteiger partial charge in [0.25, 0.3) is 0 Å².